The van der Waals surface area contributed by atoms with E-state index in [2.05, 4.69) is 20.0 Å². The van der Waals surface area contributed by atoms with Crippen molar-refractivity contribution in [1.82, 2.24) is 25.1 Å². The maximum atomic E-state index is 14.8. The second-order valence-electron chi connectivity index (χ2n) is 12.3. The Kier molecular flexibility index (Phi) is 7.95. The van der Waals surface area contributed by atoms with Gasteiger partial charge in [-0.3, -0.25) is 15.0 Å². The van der Waals surface area contributed by atoms with E-state index >= 15 is 0 Å². The number of pyridine rings is 1. The van der Waals surface area contributed by atoms with E-state index in [0.29, 0.717) is 48.8 Å². The molecule has 3 aliphatic rings. The van der Waals surface area contributed by atoms with Gasteiger partial charge in [0.25, 0.3) is 5.79 Å². The summed E-state index contributed by atoms with van der Waals surface area (Å²) in [5.74, 6) is -1.86. The summed E-state index contributed by atoms with van der Waals surface area (Å²) in [6, 6.07) is 11.7. The molecule has 0 spiro atoms. The number of ether oxygens (including phenoxy) is 2. The first kappa shape index (κ1) is 31.8. The number of aromatic nitrogens is 4. The third kappa shape index (κ3) is 6.18. The fraction of sp³-hybridized carbons (Fsp3) is 0.406. The number of fused-ring (bicyclic) bond motifs is 1. The zero-order valence-electron chi connectivity index (χ0n) is 25.2. The number of sulfone groups is 1. The van der Waals surface area contributed by atoms with Crippen LogP contribution in [0, 0.1) is 5.82 Å². The van der Waals surface area contributed by atoms with Crippen LogP contribution in [0.25, 0.3) is 11.4 Å². The summed E-state index contributed by atoms with van der Waals surface area (Å²) in [6.07, 6.45) is -0.948. The number of piperidine rings is 1. The van der Waals surface area contributed by atoms with E-state index < -0.39 is 38.7 Å². The fourth-order valence-electron chi connectivity index (χ4n) is 6.50. The highest BCUT2D eigenvalue weighted by Gasteiger charge is 2.43. The van der Waals surface area contributed by atoms with Gasteiger partial charge >= 0.3 is 6.18 Å². The fourth-order valence-corrected chi connectivity index (χ4v) is 8.05. The Balaban J connectivity index is 1.07. The minimum Gasteiger partial charge on any atom is -0.444 e. The molecule has 2 fully saturated rings. The highest BCUT2D eigenvalue weighted by atomic mass is 35.5. The molecule has 2 saturated heterocycles. The molecule has 7 rings (SSSR count). The summed E-state index contributed by atoms with van der Waals surface area (Å²) in [4.78, 5) is 10.4. The van der Waals surface area contributed by atoms with Gasteiger partial charge in [-0.15, -0.1) is 0 Å². The van der Waals surface area contributed by atoms with Crippen LogP contribution in [0.1, 0.15) is 60.3 Å². The van der Waals surface area contributed by atoms with Crippen LogP contribution in [0.3, 0.4) is 0 Å². The summed E-state index contributed by atoms with van der Waals surface area (Å²) in [6.45, 7) is 3.53. The number of hydrogen-bond donors (Lipinski definition) is 1. The van der Waals surface area contributed by atoms with Gasteiger partial charge in [0.1, 0.15) is 5.82 Å². The second kappa shape index (κ2) is 11.7. The van der Waals surface area contributed by atoms with Gasteiger partial charge in [-0.25, -0.2) is 17.8 Å². The molecule has 0 unspecified atom stereocenters. The van der Waals surface area contributed by atoms with Crippen molar-refractivity contribution in [3.8, 4) is 22.9 Å². The highest BCUT2D eigenvalue weighted by molar-refractivity contribution is 7.93. The van der Waals surface area contributed by atoms with E-state index in [9.17, 15) is 26.0 Å². The molecule has 4 aromatic rings. The van der Waals surface area contributed by atoms with Crippen molar-refractivity contribution in [3.05, 3.63) is 87.7 Å². The van der Waals surface area contributed by atoms with E-state index in [4.69, 9.17) is 21.1 Å². The minimum atomic E-state index is -4.68. The van der Waals surface area contributed by atoms with E-state index in [1.54, 1.807) is 31.2 Å². The van der Waals surface area contributed by atoms with E-state index in [1.165, 1.54) is 12.3 Å². The number of nitrogens with one attached hydrogen (secondary N) is 1. The molecule has 0 radical (unpaired) electrons. The molecule has 1 N–H and O–H groups in total. The van der Waals surface area contributed by atoms with Gasteiger partial charge in [0, 0.05) is 35.8 Å². The Labute approximate surface area is 273 Å². The van der Waals surface area contributed by atoms with Crippen LogP contribution in [0.5, 0.6) is 11.5 Å². The molecule has 0 saturated carbocycles. The SMILES string of the molecule is C[C@]1(c2ccc(Cl)cc2F)Oc2cccc(C3CCN(Cc4ncc(-c5n[nH]c(C(F)(F)F)n5)cc4C[C@@H]4CCS4(=O)=O)CC3)c2O1. The molecule has 0 aliphatic carbocycles. The second-order valence-corrected chi connectivity index (χ2v) is 15.2. The molecule has 248 valence electrons. The van der Waals surface area contributed by atoms with Gasteiger partial charge in [-0.1, -0.05) is 23.7 Å². The van der Waals surface area contributed by atoms with Gasteiger partial charge in [0.15, 0.2) is 27.2 Å². The lowest BCUT2D eigenvalue weighted by atomic mass is 9.88. The van der Waals surface area contributed by atoms with Gasteiger partial charge < -0.3 is 9.47 Å². The van der Waals surface area contributed by atoms with E-state index in [-0.39, 0.29) is 40.1 Å². The predicted octanol–water partition coefficient (Wildman–Crippen LogP) is 6.43. The van der Waals surface area contributed by atoms with Crippen LogP contribution >= 0.6 is 11.6 Å². The Hall–Kier alpha value is -3.75. The monoisotopic (exact) mass is 691 g/mol. The number of nitrogens with zero attached hydrogens (tertiary/aromatic N) is 4. The third-order valence-corrected chi connectivity index (χ3v) is 11.6. The smallest absolute Gasteiger partial charge is 0.444 e. The number of rotatable bonds is 7. The molecule has 47 heavy (non-hydrogen) atoms. The molecule has 9 nitrogen and oxygen atoms in total. The molecule has 5 heterocycles. The number of H-pyrrole nitrogens is 1. The highest BCUT2D eigenvalue weighted by Crippen LogP contribution is 2.50. The number of likely N-dealkylation sites (tertiary alicyclic amines) is 1. The summed E-state index contributed by atoms with van der Waals surface area (Å²) in [5, 5.41) is 5.34. The summed E-state index contributed by atoms with van der Waals surface area (Å²) in [7, 11) is -3.21. The number of alkyl halides is 3. The van der Waals surface area contributed by atoms with Crippen molar-refractivity contribution in [2.75, 3.05) is 18.8 Å². The average Bonchev–Trinajstić information content (AvgIpc) is 3.66. The van der Waals surface area contributed by atoms with Crippen molar-refractivity contribution in [3.63, 3.8) is 0 Å². The van der Waals surface area contributed by atoms with Crippen molar-refractivity contribution < 1.29 is 35.5 Å². The number of hydrogen-bond acceptors (Lipinski definition) is 8. The number of halogens is 5. The lowest BCUT2D eigenvalue weighted by Crippen LogP contribution is -2.38. The van der Waals surface area contributed by atoms with Crippen molar-refractivity contribution >= 4 is 21.4 Å². The molecule has 0 bridgehead atoms. The van der Waals surface area contributed by atoms with Crippen molar-refractivity contribution in [1.29, 1.82) is 0 Å². The maximum absolute atomic E-state index is 14.8. The minimum absolute atomic E-state index is 0.120. The van der Waals surface area contributed by atoms with Crippen LogP contribution in [0.2, 0.25) is 5.02 Å². The standard InChI is InChI=1S/C32H30ClF4N5O4S/c1-31(24-6-5-21(33)15-25(24)34)45-27-4-2-3-23(28(27)46-31)18-7-10-42(11-8-18)17-26-19(14-22-9-12-47(22,43)44)13-20(16-38-26)29-39-30(41-40-29)32(35,36)37/h2-6,13,15-16,18,22H,7-12,14,17H2,1H3,(H,39,40,41)/t22-,31-/m0/s1. The predicted molar refractivity (Wildman–Crippen MR) is 164 cm³/mol. The summed E-state index contributed by atoms with van der Waals surface area (Å²) < 4.78 is 91.3. The van der Waals surface area contributed by atoms with E-state index in [1.807, 2.05) is 17.2 Å². The Morgan fingerprint density at radius 3 is 2.55 bits per heavy atom. The summed E-state index contributed by atoms with van der Waals surface area (Å²) in [5.41, 5.74) is 2.81. The molecule has 3 aliphatic heterocycles. The van der Waals surface area contributed by atoms with Crippen molar-refractivity contribution in [2.45, 2.75) is 62.3 Å². The molecular weight excluding hydrogens is 662 g/mol. The van der Waals surface area contributed by atoms with Gasteiger partial charge in [-0.05, 0) is 80.6 Å². The first-order valence-electron chi connectivity index (χ1n) is 15.2. The average molecular weight is 692 g/mol. The zero-order valence-corrected chi connectivity index (χ0v) is 26.7. The van der Waals surface area contributed by atoms with Gasteiger partial charge in [0.05, 0.1) is 22.3 Å². The zero-order chi connectivity index (χ0) is 33.1. The van der Waals surface area contributed by atoms with Crippen LogP contribution < -0.4 is 9.47 Å². The molecule has 2 atom stereocenters. The first-order chi connectivity index (χ1) is 22.3. The van der Waals surface area contributed by atoms with Crippen LogP contribution in [0.4, 0.5) is 17.6 Å². The number of para-hydroxylation sites is 1. The van der Waals surface area contributed by atoms with Gasteiger partial charge in [0.2, 0.25) is 5.82 Å². The summed E-state index contributed by atoms with van der Waals surface area (Å²) >= 11 is 5.95. The van der Waals surface area contributed by atoms with Crippen LogP contribution in [-0.2, 0) is 34.8 Å². The first-order valence-corrected chi connectivity index (χ1v) is 17.3. The lowest BCUT2D eigenvalue weighted by molar-refractivity contribution is -0.144. The van der Waals surface area contributed by atoms with Gasteiger partial charge in [-0.2, -0.15) is 18.3 Å². The van der Waals surface area contributed by atoms with Crippen molar-refractivity contribution in [2.24, 2.45) is 0 Å². The van der Waals surface area contributed by atoms with Crippen LogP contribution in [0.15, 0.2) is 48.7 Å². The Morgan fingerprint density at radius 1 is 1.11 bits per heavy atom. The third-order valence-electron chi connectivity index (χ3n) is 9.18. The molecular formula is C32H30ClF4N5O4S. The Morgan fingerprint density at radius 2 is 1.89 bits per heavy atom. The molecule has 0 amide bonds. The van der Waals surface area contributed by atoms with E-state index in [0.717, 1.165) is 18.4 Å². The topological polar surface area (TPSA) is 110 Å². The number of aromatic amines is 1. The largest absolute Gasteiger partial charge is 0.451 e. The maximum Gasteiger partial charge on any atom is 0.451 e. The molecule has 15 heteroatoms. The molecule has 2 aromatic heterocycles. The normalized spacial score (nSPS) is 22.7. The Bertz CT molecular complexity index is 1950. The molecule has 2 aromatic carbocycles. The lowest BCUT2D eigenvalue weighted by Gasteiger charge is -2.33. The quantitative estimate of drug-likeness (QED) is 0.221. The van der Waals surface area contributed by atoms with Crippen LogP contribution in [-0.4, -0.2) is 57.6 Å². The number of benzene rings is 2.